The first kappa shape index (κ1) is 15.8. The Balaban J connectivity index is 2.47. The fourth-order valence-corrected chi connectivity index (χ4v) is 1.45. The van der Waals surface area contributed by atoms with E-state index in [2.05, 4.69) is 16.0 Å². The highest BCUT2D eigenvalue weighted by atomic mass is 35.5. The fourth-order valence-electron chi connectivity index (χ4n) is 1.28. The highest BCUT2D eigenvalue weighted by Gasteiger charge is 2.15. The summed E-state index contributed by atoms with van der Waals surface area (Å²) in [6.45, 7) is 1.68. The smallest absolute Gasteiger partial charge is 0.313 e. The molecule has 0 saturated carbocycles. The number of benzene rings is 1. The summed E-state index contributed by atoms with van der Waals surface area (Å²) >= 11 is 5.71. The van der Waals surface area contributed by atoms with Gasteiger partial charge < -0.3 is 21.1 Å². The predicted octanol–water partition coefficient (Wildman–Crippen LogP) is 0.236. The second kappa shape index (κ2) is 7.34. The van der Waals surface area contributed by atoms with E-state index in [0.29, 0.717) is 5.02 Å². The van der Waals surface area contributed by atoms with Crippen LogP contribution in [0.4, 0.5) is 5.69 Å². The summed E-state index contributed by atoms with van der Waals surface area (Å²) in [6, 6.07) is 4.06. The lowest BCUT2D eigenvalue weighted by atomic mass is 10.3. The highest BCUT2D eigenvalue weighted by Crippen LogP contribution is 2.26. The third kappa shape index (κ3) is 5.15. The van der Waals surface area contributed by atoms with E-state index in [-0.39, 0.29) is 30.4 Å². The van der Waals surface area contributed by atoms with Gasteiger partial charge in [-0.05, 0) is 18.2 Å². The number of halogens is 1. The zero-order chi connectivity index (χ0) is 15.1. The van der Waals surface area contributed by atoms with Gasteiger partial charge in [0.05, 0.1) is 5.69 Å². The van der Waals surface area contributed by atoms with Crippen LogP contribution in [0.5, 0.6) is 5.75 Å². The minimum Gasteiger partial charge on any atom is -0.506 e. The summed E-state index contributed by atoms with van der Waals surface area (Å²) in [4.78, 5) is 33.6. The molecule has 0 unspecified atom stereocenters. The van der Waals surface area contributed by atoms with Crippen molar-refractivity contribution in [3.05, 3.63) is 23.2 Å². The molecule has 3 amide bonds. The van der Waals surface area contributed by atoms with Gasteiger partial charge in [0.2, 0.25) is 5.91 Å². The monoisotopic (exact) mass is 299 g/mol. The molecule has 4 N–H and O–H groups in total. The second-order valence-corrected chi connectivity index (χ2v) is 4.29. The number of phenols is 1. The van der Waals surface area contributed by atoms with Crippen LogP contribution in [-0.4, -0.2) is 35.9 Å². The lowest BCUT2D eigenvalue weighted by Crippen LogP contribution is -2.39. The SMILES string of the molecule is CC(=O)NCCNC(=O)C(=O)Nc1cc(Cl)ccc1O. The number of nitrogens with one attached hydrogen (secondary N) is 3. The van der Waals surface area contributed by atoms with Gasteiger partial charge in [-0.1, -0.05) is 11.6 Å². The number of amides is 3. The maximum atomic E-state index is 11.5. The van der Waals surface area contributed by atoms with Gasteiger partial charge in [0.15, 0.2) is 0 Å². The zero-order valence-electron chi connectivity index (χ0n) is 10.7. The molecule has 0 aliphatic rings. The fraction of sp³-hybridized carbons (Fsp3) is 0.250. The molecule has 1 rings (SSSR count). The molecule has 0 radical (unpaired) electrons. The van der Waals surface area contributed by atoms with Crippen molar-refractivity contribution in [2.75, 3.05) is 18.4 Å². The molecule has 108 valence electrons. The van der Waals surface area contributed by atoms with E-state index in [1.807, 2.05) is 0 Å². The molecule has 0 heterocycles. The minimum absolute atomic E-state index is 0.0412. The van der Waals surface area contributed by atoms with Crippen LogP contribution in [0, 0.1) is 0 Å². The number of hydrogen-bond acceptors (Lipinski definition) is 4. The van der Waals surface area contributed by atoms with Crippen LogP contribution < -0.4 is 16.0 Å². The normalized spacial score (nSPS) is 9.70. The number of phenolic OH excluding ortho intramolecular Hbond substituents is 1. The van der Waals surface area contributed by atoms with Gasteiger partial charge >= 0.3 is 11.8 Å². The molecule has 0 saturated heterocycles. The molecular formula is C12H14ClN3O4. The number of rotatable bonds is 4. The van der Waals surface area contributed by atoms with Gasteiger partial charge in [0, 0.05) is 25.0 Å². The number of anilines is 1. The zero-order valence-corrected chi connectivity index (χ0v) is 11.5. The predicted molar refractivity (Wildman–Crippen MR) is 73.4 cm³/mol. The molecule has 20 heavy (non-hydrogen) atoms. The van der Waals surface area contributed by atoms with Gasteiger partial charge in [-0.25, -0.2) is 0 Å². The van der Waals surface area contributed by atoms with E-state index in [9.17, 15) is 19.5 Å². The van der Waals surface area contributed by atoms with E-state index in [4.69, 9.17) is 11.6 Å². The summed E-state index contributed by atoms with van der Waals surface area (Å²) < 4.78 is 0. The molecular weight excluding hydrogens is 286 g/mol. The van der Waals surface area contributed by atoms with Crippen molar-refractivity contribution in [2.24, 2.45) is 0 Å². The second-order valence-electron chi connectivity index (χ2n) is 3.85. The van der Waals surface area contributed by atoms with Crippen molar-refractivity contribution < 1.29 is 19.5 Å². The summed E-state index contributed by atoms with van der Waals surface area (Å²) in [7, 11) is 0. The standard InChI is InChI=1S/C12H14ClN3O4/c1-7(17)14-4-5-15-11(19)12(20)16-9-6-8(13)2-3-10(9)18/h2-3,6,18H,4-5H2,1H3,(H,14,17)(H,15,19)(H,16,20). The molecule has 0 aliphatic carbocycles. The lowest BCUT2D eigenvalue weighted by molar-refractivity contribution is -0.136. The van der Waals surface area contributed by atoms with Crippen molar-refractivity contribution >= 4 is 35.0 Å². The summed E-state index contributed by atoms with van der Waals surface area (Å²) in [5.74, 6) is -2.25. The Morgan fingerprint density at radius 1 is 1.15 bits per heavy atom. The summed E-state index contributed by atoms with van der Waals surface area (Å²) in [5.41, 5.74) is 0.0412. The molecule has 0 aliphatic heterocycles. The van der Waals surface area contributed by atoms with Crippen LogP contribution in [0.15, 0.2) is 18.2 Å². The number of carbonyl (C=O) groups excluding carboxylic acids is 3. The molecule has 1 aromatic carbocycles. The van der Waals surface area contributed by atoms with Gasteiger partial charge in [-0.2, -0.15) is 0 Å². The largest absolute Gasteiger partial charge is 0.506 e. The van der Waals surface area contributed by atoms with E-state index in [1.165, 1.54) is 25.1 Å². The molecule has 0 atom stereocenters. The first-order valence-electron chi connectivity index (χ1n) is 5.72. The van der Waals surface area contributed by atoms with Crippen molar-refractivity contribution in [1.82, 2.24) is 10.6 Å². The van der Waals surface area contributed by atoms with Crippen LogP contribution in [0.1, 0.15) is 6.92 Å². The van der Waals surface area contributed by atoms with Crippen LogP contribution >= 0.6 is 11.6 Å². The topological polar surface area (TPSA) is 108 Å². The Hall–Kier alpha value is -2.28. The summed E-state index contributed by atoms with van der Waals surface area (Å²) in [5, 5.41) is 16.8. The van der Waals surface area contributed by atoms with Gasteiger partial charge in [-0.3, -0.25) is 14.4 Å². The van der Waals surface area contributed by atoms with Crippen molar-refractivity contribution in [1.29, 1.82) is 0 Å². The van der Waals surface area contributed by atoms with Crippen LogP contribution in [0.25, 0.3) is 0 Å². The minimum atomic E-state index is -0.939. The van der Waals surface area contributed by atoms with E-state index < -0.39 is 11.8 Å². The Kier molecular flexibility index (Phi) is 5.79. The quantitative estimate of drug-likeness (QED) is 0.363. The first-order chi connectivity index (χ1) is 9.40. The molecule has 0 bridgehead atoms. The lowest BCUT2D eigenvalue weighted by Gasteiger charge is -2.08. The third-order valence-corrected chi connectivity index (χ3v) is 2.43. The van der Waals surface area contributed by atoms with E-state index in [1.54, 1.807) is 0 Å². The molecule has 0 spiro atoms. The Morgan fingerprint density at radius 2 is 1.80 bits per heavy atom. The van der Waals surface area contributed by atoms with Gasteiger partial charge in [0.25, 0.3) is 0 Å². The average molecular weight is 300 g/mol. The third-order valence-electron chi connectivity index (χ3n) is 2.20. The first-order valence-corrected chi connectivity index (χ1v) is 6.10. The number of hydrogen-bond donors (Lipinski definition) is 4. The number of aromatic hydroxyl groups is 1. The Bertz CT molecular complexity index is 533. The van der Waals surface area contributed by atoms with Crippen molar-refractivity contribution in [3.8, 4) is 5.75 Å². The average Bonchev–Trinajstić information content (AvgIpc) is 2.38. The van der Waals surface area contributed by atoms with Gasteiger partial charge in [-0.15, -0.1) is 0 Å². The molecule has 0 aromatic heterocycles. The molecule has 0 fully saturated rings. The maximum absolute atomic E-state index is 11.5. The van der Waals surface area contributed by atoms with E-state index >= 15 is 0 Å². The summed E-state index contributed by atoms with van der Waals surface area (Å²) in [6.07, 6.45) is 0. The van der Waals surface area contributed by atoms with Crippen molar-refractivity contribution in [2.45, 2.75) is 6.92 Å². The highest BCUT2D eigenvalue weighted by molar-refractivity contribution is 6.40. The van der Waals surface area contributed by atoms with Crippen LogP contribution in [0.2, 0.25) is 5.02 Å². The van der Waals surface area contributed by atoms with Crippen molar-refractivity contribution in [3.63, 3.8) is 0 Å². The van der Waals surface area contributed by atoms with E-state index in [0.717, 1.165) is 0 Å². The maximum Gasteiger partial charge on any atom is 0.313 e. The molecule has 8 heteroatoms. The molecule has 7 nitrogen and oxygen atoms in total. The number of carbonyl (C=O) groups is 3. The van der Waals surface area contributed by atoms with Crippen LogP contribution in [-0.2, 0) is 14.4 Å². The Labute approximate surface area is 120 Å². The molecule has 1 aromatic rings. The Morgan fingerprint density at radius 3 is 2.45 bits per heavy atom. The van der Waals surface area contributed by atoms with Crippen LogP contribution in [0.3, 0.4) is 0 Å². The van der Waals surface area contributed by atoms with Gasteiger partial charge in [0.1, 0.15) is 5.75 Å².